The molecule has 518 valence electrons. The van der Waals surface area contributed by atoms with Crippen LogP contribution in [0.5, 0.6) is 0 Å². The smallest absolute Gasteiger partial charge is 0.331 e. The van der Waals surface area contributed by atoms with Gasteiger partial charge in [-0.3, -0.25) is 9.59 Å². The minimum atomic E-state index is -1.93. The van der Waals surface area contributed by atoms with E-state index in [1.807, 2.05) is 57.2 Å². The van der Waals surface area contributed by atoms with Gasteiger partial charge in [-0.05, 0) is 90.2 Å². The summed E-state index contributed by atoms with van der Waals surface area (Å²) in [6.07, 6.45) is -16.7. The van der Waals surface area contributed by atoms with Crippen LogP contribution in [0.3, 0.4) is 0 Å². The molecule has 0 radical (unpaired) electrons. The molecule has 92 heavy (non-hydrogen) atoms. The molecular formula is C66H98O26. The van der Waals surface area contributed by atoms with E-state index in [2.05, 4.69) is 0 Å². The molecule has 9 aliphatic rings. The first-order valence-electron chi connectivity index (χ1n) is 32.4. The van der Waals surface area contributed by atoms with E-state index in [9.17, 15) is 50.1 Å². The maximum Gasteiger partial charge on any atom is 0.331 e. The summed E-state index contributed by atoms with van der Waals surface area (Å²) >= 11 is 0. The van der Waals surface area contributed by atoms with Crippen molar-refractivity contribution in [2.75, 3.05) is 35.0 Å². The van der Waals surface area contributed by atoms with Gasteiger partial charge in [0.2, 0.25) is 0 Å². The van der Waals surface area contributed by atoms with Crippen molar-refractivity contribution in [1.82, 2.24) is 0 Å². The molecule has 26 heteroatoms. The number of rotatable bonds is 20. The summed E-state index contributed by atoms with van der Waals surface area (Å²) in [5.41, 5.74) is -4.59. The Kier molecular flexibility index (Phi) is 22.4. The second-order valence-corrected chi connectivity index (χ2v) is 27.1. The van der Waals surface area contributed by atoms with E-state index in [0.29, 0.717) is 25.7 Å². The third-order valence-electron chi connectivity index (χ3n) is 21.8. The molecule has 4 aliphatic carbocycles. The lowest BCUT2D eigenvalue weighted by Crippen LogP contribution is -2.80. The summed E-state index contributed by atoms with van der Waals surface area (Å²) in [6.45, 7) is 12.9. The Bertz CT molecular complexity index is 2740. The van der Waals surface area contributed by atoms with Gasteiger partial charge in [-0.15, -0.1) is 0 Å². The Hall–Kier alpha value is -3.53. The number of aliphatic hydroxyl groups excluding tert-OH is 5. The number of ether oxygens (including phenoxy) is 16. The number of carbonyl (C=O) groups is 3. The normalized spacial score (nSPS) is 48.0. The molecule has 3 saturated carbocycles. The summed E-state index contributed by atoms with van der Waals surface area (Å²) in [6, 6.07) is 9.19. The van der Waals surface area contributed by atoms with Crippen LogP contribution in [0, 0.1) is 22.7 Å². The predicted molar refractivity (Wildman–Crippen MR) is 319 cm³/mol. The molecule has 5 heterocycles. The largest absolute Gasteiger partial charge is 0.458 e. The average molecular weight is 1310 g/mol. The van der Waals surface area contributed by atoms with Crippen molar-refractivity contribution in [3.05, 3.63) is 53.6 Å². The maximum atomic E-state index is 13.9. The highest BCUT2D eigenvalue weighted by Crippen LogP contribution is 2.70. The zero-order valence-corrected chi connectivity index (χ0v) is 54.7. The second-order valence-electron chi connectivity index (χ2n) is 27.1. The van der Waals surface area contributed by atoms with Crippen molar-refractivity contribution in [3.63, 3.8) is 0 Å². The molecular weight excluding hydrogens is 1210 g/mol. The molecule has 0 spiro atoms. The van der Waals surface area contributed by atoms with Crippen LogP contribution in [0.15, 0.2) is 48.1 Å². The molecule has 7 N–H and O–H groups in total. The molecule has 31 atom stereocenters. The van der Waals surface area contributed by atoms with Gasteiger partial charge in [-0.25, -0.2) is 4.79 Å². The number of benzene rings is 1. The molecule has 0 bridgehead atoms. The zero-order valence-electron chi connectivity index (χ0n) is 54.7. The van der Waals surface area contributed by atoms with Gasteiger partial charge in [-0.1, -0.05) is 55.8 Å². The Balaban J connectivity index is 0.747. The number of Topliss-reactive ketones (excluding diaryl/α,β-unsaturated/α-hetero) is 1. The van der Waals surface area contributed by atoms with Crippen molar-refractivity contribution in [3.8, 4) is 0 Å². The van der Waals surface area contributed by atoms with Crippen LogP contribution in [-0.2, 0) is 90.2 Å². The number of fused-ring (bicyclic) bond motifs is 5. The monoisotopic (exact) mass is 1310 g/mol. The quantitative estimate of drug-likeness (QED) is 0.0560. The number of carbonyl (C=O) groups excluding carboxylic acids is 3. The Labute approximate surface area is 537 Å². The van der Waals surface area contributed by atoms with Gasteiger partial charge in [0.05, 0.1) is 55.4 Å². The summed E-state index contributed by atoms with van der Waals surface area (Å²) in [5.74, 6) is -3.43. The van der Waals surface area contributed by atoms with Crippen LogP contribution in [-0.4, -0.2) is 253 Å². The average Bonchev–Trinajstić information content (AvgIpc) is 1.32. The highest BCUT2D eigenvalue weighted by atomic mass is 16.8. The molecule has 1 aromatic rings. The lowest BCUT2D eigenvalue weighted by atomic mass is 9.42. The first kappa shape index (κ1) is 71.2. The van der Waals surface area contributed by atoms with Gasteiger partial charge in [0.15, 0.2) is 31.5 Å². The van der Waals surface area contributed by atoms with Crippen LogP contribution in [0.1, 0.15) is 119 Å². The fourth-order valence-corrected chi connectivity index (χ4v) is 17.0. The lowest BCUT2D eigenvalue weighted by molar-refractivity contribution is -0.374. The number of esters is 2. The molecule has 0 aromatic heterocycles. The van der Waals surface area contributed by atoms with E-state index < -0.39 is 200 Å². The number of hydrogen-bond acceptors (Lipinski definition) is 26. The fraction of sp³-hybridized carbons (Fsp3) is 0.803. The van der Waals surface area contributed by atoms with Crippen LogP contribution >= 0.6 is 0 Å². The van der Waals surface area contributed by atoms with Gasteiger partial charge in [0, 0.05) is 78.0 Å². The van der Waals surface area contributed by atoms with Crippen LogP contribution in [0.4, 0.5) is 0 Å². The van der Waals surface area contributed by atoms with Gasteiger partial charge in [0.25, 0.3) is 0 Å². The zero-order chi connectivity index (χ0) is 66.5. The highest BCUT2D eigenvalue weighted by molar-refractivity contribution is 5.87. The van der Waals surface area contributed by atoms with E-state index in [4.69, 9.17) is 75.8 Å². The molecule has 10 rings (SSSR count). The van der Waals surface area contributed by atoms with E-state index in [-0.39, 0.29) is 44.0 Å². The van der Waals surface area contributed by atoms with Crippen LogP contribution in [0.25, 0.3) is 6.08 Å². The Morgan fingerprint density at radius 2 is 1.15 bits per heavy atom. The van der Waals surface area contributed by atoms with E-state index >= 15 is 0 Å². The number of hydrogen-bond donors (Lipinski definition) is 7. The highest BCUT2D eigenvalue weighted by Gasteiger charge is 2.81. The van der Waals surface area contributed by atoms with E-state index in [1.165, 1.54) is 34.1 Å². The number of methoxy groups -OCH3 is 4. The van der Waals surface area contributed by atoms with Crippen molar-refractivity contribution in [2.45, 2.75) is 278 Å². The Morgan fingerprint density at radius 1 is 0.609 bits per heavy atom. The van der Waals surface area contributed by atoms with Crippen molar-refractivity contribution in [2.24, 2.45) is 22.7 Å². The van der Waals surface area contributed by atoms with Gasteiger partial charge < -0.3 is 112 Å². The van der Waals surface area contributed by atoms with Gasteiger partial charge >= 0.3 is 11.9 Å². The van der Waals surface area contributed by atoms with Crippen molar-refractivity contribution < 1.29 is 126 Å². The summed E-state index contributed by atoms with van der Waals surface area (Å²) < 4.78 is 100. The molecule has 5 aliphatic heterocycles. The molecule has 5 saturated heterocycles. The third-order valence-corrected chi connectivity index (χ3v) is 21.8. The fourth-order valence-electron chi connectivity index (χ4n) is 17.0. The van der Waals surface area contributed by atoms with Crippen LogP contribution < -0.4 is 0 Å². The lowest BCUT2D eigenvalue weighted by Gasteiger charge is -2.68. The van der Waals surface area contributed by atoms with Gasteiger partial charge in [-0.2, -0.15) is 0 Å². The summed E-state index contributed by atoms with van der Waals surface area (Å²) in [5, 5.41) is 79.1. The maximum absolute atomic E-state index is 13.9. The molecule has 8 fully saturated rings. The first-order valence-corrected chi connectivity index (χ1v) is 32.4. The first-order chi connectivity index (χ1) is 43.7. The van der Waals surface area contributed by atoms with E-state index in [0.717, 1.165) is 11.1 Å². The molecule has 1 aromatic carbocycles. The SMILES string of the molecule is CO[C@H]1[C@H](O)[C@H](O[C@H]2[C@@H](OC)C[C@H](O[C@H]3[C@@H](OC)C[C@H](O[C@H]4[C@@H](OC)C[C@H](O[C@H]5CC[C@@]6(C)C(=CC[C@]7(O)C6C(OC(C)=O)[C@@H](OC(=O)/C=C/c6ccccc6)[C@]6(C)[C@@H](C(C)=O)CC[C@@]67O)C5)O[C@@H]4C)O[C@@H]3C)O[C@@H]2C)O[C@@H](C)[C@@H]1O[C@@H]1O[C@H](CO)[C@@H](O)[C@H](O)[C@H]1O. The van der Waals surface area contributed by atoms with Crippen molar-refractivity contribution in [1.29, 1.82) is 0 Å². The third kappa shape index (κ3) is 13.4. The van der Waals surface area contributed by atoms with E-state index in [1.54, 1.807) is 41.1 Å². The van der Waals surface area contributed by atoms with Gasteiger partial charge in [0.1, 0.15) is 90.2 Å². The molecule has 26 nitrogen and oxygen atoms in total. The molecule has 0 amide bonds. The standard InChI is InChI=1S/C66H98O26/c1-31(68)40-22-25-66(76)64(40,8)60(88-45(70)19-18-37-16-14-13-15-17-37)58(85-36(6)69)59-63(7)23-21-39(26-38(63)20-24-65(59,66)75)86-46-27-41(77-9)53(32(2)81-46)89-47-28-42(78-10)54(33(3)82-47)90-48-29-43(79-11)55(34(4)83-48)91-62-52(74)57(80-12)56(35(5)84-62)92-61-51(73)50(72)49(71)44(30-67)87-61/h13-20,32-35,39-44,46-62,67,71-76H,21-30H2,1-12H3/b19-18+/t32-,33-,34-,35+,39+,40-,41+,42+,43+,44-,46+,47+,48+,49-,50+,51-,52+,53-,54-,55-,56+,57+,58?,59?,60-,61+,62+,63+,64+,65+,66-/m1/s1. The predicted octanol–water partition coefficient (Wildman–Crippen LogP) is 2.46. The Morgan fingerprint density at radius 3 is 1.70 bits per heavy atom. The number of ketones is 1. The topological polar surface area (TPSA) is 340 Å². The summed E-state index contributed by atoms with van der Waals surface area (Å²) in [4.78, 5) is 40.7. The molecule has 2 unspecified atom stereocenters. The summed E-state index contributed by atoms with van der Waals surface area (Å²) in [7, 11) is 6.07. The number of aliphatic hydroxyl groups is 7. The second kappa shape index (κ2) is 28.9. The minimum Gasteiger partial charge on any atom is -0.458 e. The minimum absolute atomic E-state index is 0.0148. The van der Waals surface area contributed by atoms with Crippen LogP contribution in [0.2, 0.25) is 0 Å². The van der Waals surface area contributed by atoms with Crippen molar-refractivity contribution >= 4 is 23.8 Å².